The number of likely N-dealkylation sites (N-methyl/N-ethyl adjacent to an activating group) is 1. The summed E-state index contributed by atoms with van der Waals surface area (Å²) in [6.45, 7) is 1.70. The van der Waals surface area contributed by atoms with Gasteiger partial charge in [-0.1, -0.05) is 11.3 Å². The van der Waals surface area contributed by atoms with Gasteiger partial charge in [0.1, 0.15) is 34.1 Å². The smallest absolute Gasteiger partial charge is 0.260 e. The van der Waals surface area contributed by atoms with Crippen LogP contribution in [0.25, 0.3) is 0 Å². The number of thiazole rings is 1. The third kappa shape index (κ3) is 6.41. The Morgan fingerprint density at radius 2 is 1.79 bits per heavy atom. The van der Waals surface area contributed by atoms with E-state index in [4.69, 9.17) is 20.6 Å². The van der Waals surface area contributed by atoms with Gasteiger partial charge in [-0.05, 0) is 67.6 Å². The lowest BCUT2D eigenvalue weighted by Crippen LogP contribution is -2.39. The van der Waals surface area contributed by atoms with E-state index in [9.17, 15) is 18.8 Å². The zero-order valence-corrected chi connectivity index (χ0v) is 22.0. The molecule has 202 valence electrons. The Labute approximate surface area is 227 Å². The second kappa shape index (κ2) is 11.8. The van der Waals surface area contributed by atoms with Gasteiger partial charge in [-0.15, -0.1) is 0 Å². The Balaban J connectivity index is 1.46. The molecule has 12 heteroatoms. The lowest BCUT2D eigenvalue weighted by atomic mass is 10.1. The van der Waals surface area contributed by atoms with Gasteiger partial charge in [0, 0.05) is 18.3 Å². The highest BCUT2D eigenvalue weighted by Gasteiger charge is 2.27. The van der Waals surface area contributed by atoms with Gasteiger partial charge in [0.15, 0.2) is 11.7 Å². The molecule has 0 aliphatic carbocycles. The van der Waals surface area contributed by atoms with Crippen LogP contribution in [0, 0.1) is 5.82 Å². The van der Waals surface area contributed by atoms with Crippen molar-refractivity contribution in [2.24, 2.45) is 5.73 Å². The average Bonchev–Trinajstić information content (AvgIpc) is 3.57. The fourth-order valence-corrected chi connectivity index (χ4v) is 4.68. The highest BCUT2D eigenvalue weighted by molar-refractivity contribution is 7.18. The highest BCUT2D eigenvalue weighted by Crippen LogP contribution is 2.36. The van der Waals surface area contributed by atoms with Crippen molar-refractivity contribution < 1.29 is 27.9 Å². The van der Waals surface area contributed by atoms with E-state index in [0.29, 0.717) is 29.3 Å². The fourth-order valence-electron chi connectivity index (χ4n) is 3.63. The minimum atomic E-state index is -0.846. The van der Waals surface area contributed by atoms with Crippen LogP contribution in [0.2, 0.25) is 0 Å². The van der Waals surface area contributed by atoms with Gasteiger partial charge in [-0.3, -0.25) is 14.4 Å². The number of benzene rings is 2. The molecule has 0 fully saturated rings. The number of nitrogen functional groups attached to an aromatic ring is 1. The number of primary amides is 1. The molecule has 2 amide bonds. The summed E-state index contributed by atoms with van der Waals surface area (Å²) in [6.07, 6.45) is 1.54. The van der Waals surface area contributed by atoms with E-state index < -0.39 is 17.8 Å². The molecule has 0 aliphatic heterocycles. The first kappa shape index (κ1) is 27.3. The summed E-state index contributed by atoms with van der Waals surface area (Å²) in [5, 5.41) is 0.255. The van der Waals surface area contributed by atoms with Gasteiger partial charge < -0.3 is 30.4 Å². The second-order valence-electron chi connectivity index (χ2n) is 8.61. The van der Waals surface area contributed by atoms with Crippen LogP contribution in [0.1, 0.15) is 27.9 Å². The number of hydrogen-bond acceptors (Lipinski definition) is 9. The summed E-state index contributed by atoms with van der Waals surface area (Å²) in [6, 6.07) is 14.4. The number of rotatable bonds is 11. The zero-order chi connectivity index (χ0) is 28.1. The van der Waals surface area contributed by atoms with E-state index in [1.54, 1.807) is 50.4 Å². The van der Waals surface area contributed by atoms with E-state index in [-0.39, 0.29) is 34.1 Å². The maximum atomic E-state index is 13.5. The molecule has 10 nitrogen and oxygen atoms in total. The molecule has 0 spiro atoms. The van der Waals surface area contributed by atoms with Crippen LogP contribution in [0.3, 0.4) is 0 Å². The molecule has 2 aromatic heterocycles. The molecule has 1 unspecified atom stereocenters. The number of ketones is 1. The standard InChI is InChI=1S/C27H26FN5O5S/c1-16(26(30)36)33(19-9-7-18(28)8-10-19)27-31-25(29)24(39-27)23(35)17-5-11-20(12-6-17)38-15-22(34)32(2)14-21-4-3-13-37-21/h3-13,16H,14-15,29H2,1-2H3,(H2,30,36). The zero-order valence-electron chi connectivity index (χ0n) is 21.2. The topological polar surface area (TPSA) is 145 Å². The molecule has 4 rings (SSSR count). The number of halogens is 1. The first-order chi connectivity index (χ1) is 18.6. The molecule has 4 aromatic rings. The molecular weight excluding hydrogens is 525 g/mol. The number of aromatic nitrogens is 1. The minimum absolute atomic E-state index is 0.0192. The quantitative estimate of drug-likeness (QED) is 0.268. The molecule has 0 radical (unpaired) electrons. The van der Waals surface area contributed by atoms with Gasteiger partial charge in [-0.25, -0.2) is 9.37 Å². The van der Waals surface area contributed by atoms with E-state index in [1.807, 2.05) is 0 Å². The van der Waals surface area contributed by atoms with Crippen LogP contribution in [0.4, 0.5) is 21.0 Å². The molecule has 0 bridgehead atoms. The van der Waals surface area contributed by atoms with Gasteiger partial charge in [-0.2, -0.15) is 0 Å². The predicted molar refractivity (Wildman–Crippen MR) is 144 cm³/mol. The number of nitrogens with two attached hydrogens (primary N) is 2. The van der Waals surface area contributed by atoms with E-state index in [0.717, 1.165) is 11.3 Å². The van der Waals surface area contributed by atoms with Crippen LogP contribution in [-0.2, 0) is 16.1 Å². The van der Waals surface area contributed by atoms with Gasteiger partial charge in [0.25, 0.3) is 5.91 Å². The summed E-state index contributed by atoms with van der Waals surface area (Å²) in [7, 11) is 1.64. The van der Waals surface area contributed by atoms with Gasteiger partial charge >= 0.3 is 0 Å². The Hall–Kier alpha value is -4.71. The van der Waals surface area contributed by atoms with Crippen molar-refractivity contribution in [2.75, 3.05) is 24.3 Å². The van der Waals surface area contributed by atoms with Crippen LogP contribution >= 0.6 is 11.3 Å². The number of furan rings is 1. The first-order valence-electron chi connectivity index (χ1n) is 11.8. The summed E-state index contributed by atoms with van der Waals surface area (Å²) in [5.41, 5.74) is 12.4. The van der Waals surface area contributed by atoms with Crippen molar-refractivity contribution in [1.29, 1.82) is 0 Å². The lowest BCUT2D eigenvalue weighted by molar-refractivity contribution is -0.132. The monoisotopic (exact) mass is 551 g/mol. The molecule has 4 N–H and O–H groups in total. The van der Waals surface area contributed by atoms with Crippen LogP contribution in [0.15, 0.2) is 71.3 Å². The first-order valence-corrected chi connectivity index (χ1v) is 12.6. The van der Waals surface area contributed by atoms with E-state index in [1.165, 1.54) is 40.3 Å². The normalized spacial score (nSPS) is 11.6. The molecular formula is C27H26FN5O5S. The van der Waals surface area contributed by atoms with Crippen molar-refractivity contribution in [1.82, 2.24) is 9.88 Å². The van der Waals surface area contributed by atoms with Crippen LogP contribution < -0.4 is 21.1 Å². The Morgan fingerprint density at radius 3 is 2.41 bits per heavy atom. The molecule has 2 heterocycles. The number of amides is 2. The van der Waals surface area contributed by atoms with Crippen molar-refractivity contribution >= 4 is 45.6 Å². The van der Waals surface area contributed by atoms with E-state index >= 15 is 0 Å². The molecule has 0 saturated heterocycles. The third-order valence-electron chi connectivity index (χ3n) is 5.84. The van der Waals surface area contributed by atoms with Crippen molar-refractivity contribution in [2.45, 2.75) is 19.5 Å². The molecule has 1 atom stereocenters. The van der Waals surface area contributed by atoms with Crippen molar-refractivity contribution in [3.63, 3.8) is 0 Å². The number of ether oxygens (including phenoxy) is 1. The Bertz CT molecular complexity index is 1450. The van der Waals surface area contributed by atoms with Crippen LogP contribution in [0.5, 0.6) is 5.75 Å². The molecule has 0 aliphatic rings. The molecule has 0 saturated carbocycles. The number of anilines is 3. The SMILES string of the molecule is CC(C(N)=O)N(c1ccc(F)cc1)c1nc(N)c(C(=O)c2ccc(OCC(=O)N(C)Cc3ccco3)cc2)s1. The summed E-state index contributed by atoms with van der Waals surface area (Å²) in [4.78, 5) is 45.0. The fraction of sp³-hybridized carbons (Fsp3) is 0.185. The van der Waals surface area contributed by atoms with Gasteiger partial charge in [0.2, 0.25) is 11.7 Å². The van der Waals surface area contributed by atoms with Gasteiger partial charge in [0.05, 0.1) is 12.8 Å². The molecule has 39 heavy (non-hydrogen) atoms. The van der Waals surface area contributed by atoms with E-state index in [2.05, 4.69) is 4.98 Å². The maximum Gasteiger partial charge on any atom is 0.260 e. The second-order valence-corrected chi connectivity index (χ2v) is 9.58. The maximum absolute atomic E-state index is 13.5. The number of carbonyl (C=O) groups excluding carboxylic acids is 3. The van der Waals surface area contributed by atoms with Crippen molar-refractivity contribution in [3.05, 3.63) is 88.9 Å². The lowest BCUT2D eigenvalue weighted by Gasteiger charge is -2.26. The predicted octanol–water partition coefficient (Wildman–Crippen LogP) is 3.74. The number of hydrogen-bond donors (Lipinski definition) is 2. The van der Waals surface area contributed by atoms with Crippen LogP contribution in [-0.4, -0.2) is 47.2 Å². The summed E-state index contributed by atoms with van der Waals surface area (Å²) < 4.78 is 24.3. The Morgan fingerprint density at radius 1 is 1.10 bits per heavy atom. The average molecular weight is 552 g/mol. The highest BCUT2D eigenvalue weighted by atomic mass is 32.1. The minimum Gasteiger partial charge on any atom is -0.484 e. The number of nitrogens with zero attached hydrogens (tertiary/aromatic N) is 3. The summed E-state index contributed by atoms with van der Waals surface area (Å²) in [5.74, 6) is -0.671. The summed E-state index contributed by atoms with van der Waals surface area (Å²) >= 11 is 0.988. The molecule has 2 aromatic carbocycles. The van der Waals surface area contributed by atoms with Crippen molar-refractivity contribution in [3.8, 4) is 5.75 Å². The Kier molecular flexibility index (Phi) is 8.25. The largest absolute Gasteiger partial charge is 0.484 e. The number of carbonyl (C=O) groups is 3. The third-order valence-corrected chi connectivity index (χ3v) is 6.91.